The summed E-state index contributed by atoms with van der Waals surface area (Å²) in [6.07, 6.45) is 5.30. The smallest absolute Gasteiger partial charge is 0.223 e. The molecule has 1 unspecified atom stereocenters. The molecule has 1 amide bonds. The van der Waals surface area contributed by atoms with E-state index < -0.39 is 0 Å². The molecule has 0 aromatic heterocycles. The molecule has 2 rings (SSSR count). The van der Waals surface area contributed by atoms with Crippen LogP contribution in [-0.2, 0) is 11.3 Å². The first kappa shape index (κ1) is 22.1. The van der Waals surface area contributed by atoms with Crippen molar-refractivity contribution in [3.05, 3.63) is 29.3 Å². The molecule has 1 aromatic carbocycles. The van der Waals surface area contributed by atoms with Crippen LogP contribution in [0.3, 0.4) is 0 Å². The molecule has 0 saturated heterocycles. The van der Waals surface area contributed by atoms with Crippen LogP contribution in [0.4, 0.5) is 0 Å². The maximum absolute atomic E-state index is 11.8. The lowest BCUT2D eigenvalue weighted by atomic mass is 9.85. The Labute approximate surface area is 169 Å². The highest BCUT2D eigenvalue weighted by Crippen LogP contribution is 2.26. The summed E-state index contributed by atoms with van der Waals surface area (Å²) >= 11 is 0. The zero-order chi connectivity index (χ0) is 20.4. The largest absolute Gasteiger partial charge is 0.490 e. The third-order valence-corrected chi connectivity index (χ3v) is 5.22. The van der Waals surface area contributed by atoms with Gasteiger partial charge in [0.2, 0.25) is 5.91 Å². The van der Waals surface area contributed by atoms with E-state index >= 15 is 0 Å². The van der Waals surface area contributed by atoms with Crippen molar-refractivity contribution in [2.24, 2.45) is 10.9 Å². The van der Waals surface area contributed by atoms with E-state index in [1.807, 2.05) is 0 Å². The van der Waals surface area contributed by atoms with Crippen molar-refractivity contribution < 1.29 is 9.53 Å². The molecular formula is C22H36N4O2. The minimum atomic E-state index is 0.188. The van der Waals surface area contributed by atoms with Gasteiger partial charge in [-0.2, -0.15) is 0 Å². The van der Waals surface area contributed by atoms with E-state index in [2.05, 4.69) is 59.9 Å². The van der Waals surface area contributed by atoms with Gasteiger partial charge in [-0.05, 0) is 51.2 Å². The number of amides is 1. The second kappa shape index (κ2) is 11.6. The quantitative estimate of drug-likeness (QED) is 0.327. The summed E-state index contributed by atoms with van der Waals surface area (Å²) in [5, 5.41) is 9.66. The number of ether oxygens (including phenoxy) is 1. The Bertz CT molecular complexity index is 656. The molecule has 1 aliphatic rings. The molecule has 1 aliphatic carbocycles. The minimum Gasteiger partial charge on any atom is -0.490 e. The molecule has 0 spiro atoms. The first-order valence-electron chi connectivity index (χ1n) is 10.5. The van der Waals surface area contributed by atoms with Crippen molar-refractivity contribution in [2.45, 2.75) is 65.5 Å². The number of carbonyl (C=O) groups excluding carboxylic acids is 1. The fourth-order valence-electron chi connectivity index (χ4n) is 2.94. The van der Waals surface area contributed by atoms with Gasteiger partial charge in [-0.15, -0.1) is 0 Å². The Morgan fingerprint density at radius 2 is 2.00 bits per heavy atom. The highest BCUT2D eigenvalue weighted by Gasteiger charge is 2.24. The number of guanidine groups is 1. The first-order chi connectivity index (χ1) is 13.5. The topological polar surface area (TPSA) is 74.8 Å². The number of carbonyl (C=O) groups is 1. The van der Waals surface area contributed by atoms with Crippen LogP contribution in [0.25, 0.3) is 0 Å². The maximum Gasteiger partial charge on any atom is 0.223 e. The van der Waals surface area contributed by atoms with Gasteiger partial charge in [0.05, 0.1) is 6.10 Å². The van der Waals surface area contributed by atoms with Crippen molar-refractivity contribution in [2.75, 3.05) is 20.1 Å². The van der Waals surface area contributed by atoms with Gasteiger partial charge < -0.3 is 20.7 Å². The summed E-state index contributed by atoms with van der Waals surface area (Å²) in [4.78, 5) is 16.1. The SMILES string of the molecule is CCC(C)Oc1cc(C)ccc1CNC(=NC)NCCCNC(=O)C1CCC1. The van der Waals surface area contributed by atoms with Crippen LogP contribution in [0.1, 0.15) is 57.1 Å². The third-order valence-electron chi connectivity index (χ3n) is 5.22. The molecule has 3 N–H and O–H groups in total. The van der Waals surface area contributed by atoms with Crippen LogP contribution in [0, 0.1) is 12.8 Å². The highest BCUT2D eigenvalue weighted by atomic mass is 16.5. The van der Waals surface area contributed by atoms with E-state index in [0.29, 0.717) is 13.1 Å². The lowest BCUT2D eigenvalue weighted by Gasteiger charge is -2.24. The molecule has 0 aliphatic heterocycles. The molecule has 156 valence electrons. The standard InChI is InChI=1S/C22H36N4O2/c1-5-17(3)28-20-14-16(2)10-11-19(20)15-26-22(23-4)25-13-7-12-24-21(27)18-8-6-9-18/h10-11,14,17-18H,5-9,12-13,15H2,1-4H3,(H,24,27)(H2,23,25,26). The number of aryl methyl sites for hydroxylation is 1. The third kappa shape index (κ3) is 7.06. The van der Waals surface area contributed by atoms with Gasteiger partial charge in [-0.1, -0.05) is 25.5 Å². The van der Waals surface area contributed by atoms with E-state index in [4.69, 9.17) is 4.74 Å². The van der Waals surface area contributed by atoms with Crippen molar-refractivity contribution in [3.63, 3.8) is 0 Å². The van der Waals surface area contributed by atoms with Crippen molar-refractivity contribution in [3.8, 4) is 5.75 Å². The number of benzene rings is 1. The first-order valence-corrected chi connectivity index (χ1v) is 10.5. The van der Waals surface area contributed by atoms with Crippen LogP contribution in [-0.4, -0.2) is 38.1 Å². The summed E-state index contributed by atoms with van der Waals surface area (Å²) < 4.78 is 6.07. The Morgan fingerprint density at radius 3 is 2.64 bits per heavy atom. The Balaban J connectivity index is 1.73. The number of aliphatic imine (C=N–C) groups is 1. The molecule has 1 saturated carbocycles. The number of nitrogens with zero attached hydrogens (tertiary/aromatic N) is 1. The van der Waals surface area contributed by atoms with Crippen LogP contribution in [0.2, 0.25) is 0 Å². The Kier molecular flexibility index (Phi) is 9.11. The molecule has 28 heavy (non-hydrogen) atoms. The zero-order valence-electron chi connectivity index (χ0n) is 17.8. The number of nitrogens with one attached hydrogen (secondary N) is 3. The van der Waals surface area contributed by atoms with E-state index in [1.165, 1.54) is 12.0 Å². The Hall–Kier alpha value is -2.24. The second-order valence-electron chi connectivity index (χ2n) is 7.57. The summed E-state index contributed by atoms with van der Waals surface area (Å²) in [7, 11) is 1.76. The highest BCUT2D eigenvalue weighted by molar-refractivity contribution is 5.80. The fraction of sp³-hybridized carbons (Fsp3) is 0.636. The van der Waals surface area contributed by atoms with Crippen molar-refractivity contribution >= 4 is 11.9 Å². The maximum atomic E-state index is 11.8. The van der Waals surface area contributed by atoms with E-state index in [0.717, 1.165) is 49.5 Å². The molecular weight excluding hydrogens is 352 g/mol. The molecule has 1 aromatic rings. The number of hydrogen-bond acceptors (Lipinski definition) is 3. The summed E-state index contributed by atoms with van der Waals surface area (Å²) in [6.45, 7) is 8.39. The van der Waals surface area contributed by atoms with E-state index in [1.54, 1.807) is 7.05 Å². The molecule has 0 heterocycles. The lowest BCUT2D eigenvalue weighted by molar-refractivity contribution is -0.127. The van der Waals surface area contributed by atoms with E-state index in [-0.39, 0.29) is 17.9 Å². The molecule has 6 nitrogen and oxygen atoms in total. The summed E-state index contributed by atoms with van der Waals surface area (Å²) in [6, 6.07) is 6.29. The second-order valence-corrected chi connectivity index (χ2v) is 7.57. The van der Waals surface area contributed by atoms with Crippen LogP contribution < -0.4 is 20.7 Å². The summed E-state index contributed by atoms with van der Waals surface area (Å²) in [5.74, 6) is 2.14. The van der Waals surface area contributed by atoms with Gasteiger partial charge in [-0.25, -0.2) is 0 Å². The van der Waals surface area contributed by atoms with Gasteiger partial charge >= 0.3 is 0 Å². The molecule has 6 heteroatoms. The van der Waals surface area contributed by atoms with Gasteiger partial charge in [-0.3, -0.25) is 9.79 Å². The molecule has 1 fully saturated rings. The lowest BCUT2D eigenvalue weighted by Crippen LogP contribution is -2.39. The average Bonchev–Trinajstić information content (AvgIpc) is 2.63. The van der Waals surface area contributed by atoms with Crippen LogP contribution >= 0.6 is 0 Å². The van der Waals surface area contributed by atoms with Crippen LogP contribution in [0.15, 0.2) is 23.2 Å². The molecule has 1 atom stereocenters. The van der Waals surface area contributed by atoms with Gasteiger partial charge in [0.15, 0.2) is 5.96 Å². The summed E-state index contributed by atoms with van der Waals surface area (Å²) in [5.41, 5.74) is 2.30. The number of rotatable bonds is 10. The zero-order valence-corrected chi connectivity index (χ0v) is 17.8. The molecule has 0 radical (unpaired) electrons. The van der Waals surface area contributed by atoms with Crippen molar-refractivity contribution in [1.82, 2.24) is 16.0 Å². The van der Waals surface area contributed by atoms with E-state index in [9.17, 15) is 4.79 Å². The number of hydrogen-bond donors (Lipinski definition) is 3. The Morgan fingerprint density at radius 1 is 1.25 bits per heavy atom. The van der Waals surface area contributed by atoms with Gasteiger partial charge in [0.25, 0.3) is 0 Å². The normalized spacial score (nSPS) is 15.5. The fourth-order valence-corrected chi connectivity index (χ4v) is 2.94. The minimum absolute atomic E-state index is 0.188. The van der Waals surface area contributed by atoms with Gasteiger partial charge in [0, 0.05) is 38.2 Å². The predicted octanol–water partition coefficient (Wildman–Crippen LogP) is 3.14. The monoisotopic (exact) mass is 388 g/mol. The molecule has 0 bridgehead atoms. The van der Waals surface area contributed by atoms with Crippen molar-refractivity contribution in [1.29, 1.82) is 0 Å². The average molecular weight is 389 g/mol. The predicted molar refractivity (Wildman–Crippen MR) is 115 cm³/mol. The van der Waals surface area contributed by atoms with Crippen LogP contribution in [0.5, 0.6) is 5.75 Å². The van der Waals surface area contributed by atoms with Gasteiger partial charge in [0.1, 0.15) is 5.75 Å².